The third-order valence-electron chi connectivity index (χ3n) is 12.8. The number of hydrogen-bond donors (Lipinski definition) is 3. The number of benzene rings is 2. The van der Waals surface area contributed by atoms with Crippen molar-refractivity contribution in [2.24, 2.45) is 16.7 Å². The van der Waals surface area contributed by atoms with Crippen LogP contribution in [0.15, 0.2) is 48.8 Å². The monoisotopic (exact) mass is 788 g/mol. The van der Waals surface area contributed by atoms with E-state index in [0.29, 0.717) is 11.5 Å². The molecular weight excluding hydrogens is 733 g/mol. The lowest BCUT2D eigenvalue weighted by Crippen LogP contribution is -2.74. The van der Waals surface area contributed by atoms with Gasteiger partial charge in [-0.15, -0.1) is 6.42 Å². The number of carbonyl (C=O) groups is 4. The summed E-state index contributed by atoms with van der Waals surface area (Å²) in [6, 6.07) is 11.2. The van der Waals surface area contributed by atoms with Crippen LogP contribution in [0.1, 0.15) is 90.9 Å². The molecule has 1 saturated carbocycles. The van der Waals surface area contributed by atoms with Gasteiger partial charge in [-0.25, -0.2) is 9.97 Å². The molecule has 13 nitrogen and oxygen atoms in total. The molecule has 3 aliphatic heterocycles. The second-order valence-corrected chi connectivity index (χ2v) is 17.6. The maximum atomic E-state index is 13.6. The number of amides is 4. The lowest BCUT2D eigenvalue weighted by atomic mass is 9.49. The van der Waals surface area contributed by atoms with E-state index in [4.69, 9.17) is 11.2 Å². The highest BCUT2D eigenvalue weighted by atomic mass is 16.5. The van der Waals surface area contributed by atoms with Crippen molar-refractivity contribution >= 4 is 35.1 Å². The van der Waals surface area contributed by atoms with Crippen LogP contribution in [0.2, 0.25) is 0 Å². The fraction of sp³-hybridized carbons (Fsp3) is 0.511. The van der Waals surface area contributed by atoms with E-state index in [9.17, 15) is 19.2 Å². The maximum absolute atomic E-state index is 13.6. The number of nitrogens with zero attached hydrogens (tertiary/aromatic N) is 5. The molecule has 58 heavy (non-hydrogen) atoms. The highest BCUT2D eigenvalue weighted by Gasteiger charge is 2.64. The van der Waals surface area contributed by atoms with E-state index in [2.05, 4.69) is 86.4 Å². The molecule has 2 aromatic carbocycles. The molecule has 1 aromatic heterocycles. The van der Waals surface area contributed by atoms with Gasteiger partial charge in [0.1, 0.15) is 29.4 Å². The second kappa shape index (κ2) is 16.4. The zero-order valence-electron chi connectivity index (χ0n) is 34.6. The standard InChI is InChI=1S/C45H56N8O5/c1-8-34-28(2)23-33(24-29(34)3)58-43-44(4,5)42(45(43,6)7)50-39(55)31-9-11-32(12-10-31)52-17-15-30(16-18-52)27-51-19-21-53(22-20-51)37-26-46-36(25-47-37)41(57)48-35-13-14-38(54)49-40(35)56/h1,9-12,23-26,30,35,42-43H,13-22,27H2,2-7H3,(H,48,57)(H,50,55)(H,49,54,56)/t35-,42?,43?/m0/s1. The molecule has 306 valence electrons. The van der Waals surface area contributed by atoms with Gasteiger partial charge in [-0.1, -0.05) is 33.6 Å². The Morgan fingerprint density at radius 3 is 2.10 bits per heavy atom. The van der Waals surface area contributed by atoms with Crippen molar-refractivity contribution in [1.82, 2.24) is 30.8 Å². The Hall–Kier alpha value is -5.48. The minimum Gasteiger partial charge on any atom is -0.489 e. The normalized spacial score (nSPS) is 23.3. The van der Waals surface area contributed by atoms with Gasteiger partial charge < -0.3 is 25.2 Å². The van der Waals surface area contributed by atoms with Gasteiger partial charge in [0.15, 0.2) is 0 Å². The van der Waals surface area contributed by atoms with Crippen LogP contribution < -0.4 is 30.5 Å². The summed E-state index contributed by atoms with van der Waals surface area (Å²) in [5, 5.41) is 8.22. The van der Waals surface area contributed by atoms with Crippen LogP contribution in [0.25, 0.3) is 0 Å². The van der Waals surface area contributed by atoms with Crippen molar-refractivity contribution in [1.29, 1.82) is 0 Å². The molecule has 0 unspecified atom stereocenters. The Bertz CT molecular complexity index is 2040. The highest BCUT2D eigenvalue weighted by molar-refractivity contribution is 6.03. The fourth-order valence-electron chi connectivity index (χ4n) is 9.76. The molecule has 0 spiro atoms. The molecule has 4 fully saturated rings. The van der Waals surface area contributed by atoms with Gasteiger partial charge in [0, 0.05) is 85.9 Å². The number of piperidine rings is 2. The van der Waals surface area contributed by atoms with E-state index in [1.54, 1.807) is 6.20 Å². The van der Waals surface area contributed by atoms with E-state index in [1.807, 2.05) is 38.1 Å². The molecule has 4 amide bonds. The molecule has 3 saturated heterocycles. The third-order valence-corrected chi connectivity index (χ3v) is 12.8. The first-order valence-corrected chi connectivity index (χ1v) is 20.5. The summed E-state index contributed by atoms with van der Waals surface area (Å²) in [5.41, 5.74) is 4.32. The second-order valence-electron chi connectivity index (χ2n) is 17.6. The van der Waals surface area contributed by atoms with E-state index in [0.717, 1.165) is 92.6 Å². The number of carbonyl (C=O) groups excluding carboxylic acids is 4. The first kappa shape index (κ1) is 40.7. The summed E-state index contributed by atoms with van der Waals surface area (Å²) >= 11 is 0. The van der Waals surface area contributed by atoms with Gasteiger partial charge in [0.05, 0.1) is 12.4 Å². The van der Waals surface area contributed by atoms with E-state index in [1.165, 1.54) is 6.20 Å². The minimum absolute atomic E-state index is 0.0683. The quantitative estimate of drug-likeness (QED) is 0.201. The predicted octanol–water partition coefficient (Wildman–Crippen LogP) is 4.26. The number of nitrogens with one attached hydrogen (secondary N) is 3. The summed E-state index contributed by atoms with van der Waals surface area (Å²) in [6.45, 7) is 19.2. The number of ether oxygens (including phenoxy) is 1. The van der Waals surface area contributed by atoms with Crippen molar-refractivity contribution in [3.05, 3.63) is 76.7 Å². The van der Waals surface area contributed by atoms with Gasteiger partial charge in [-0.3, -0.25) is 29.4 Å². The van der Waals surface area contributed by atoms with Crippen molar-refractivity contribution in [2.75, 3.05) is 55.6 Å². The first-order valence-electron chi connectivity index (χ1n) is 20.5. The number of piperazine rings is 1. The summed E-state index contributed by atoms with van der Waals surface area (Å²) in [4.78, 5) is 65.5. The van der Waals surface area contributed by atoms with Crippen molar-refractivity contribution in [3.63, 3.8) is 0 Å². The summed E-state index contributed by atoms with van der Waals surface area (Å²) in [5.74, 6) is 3.53. The van der Waals surface area contributed by atoms with Crippen LogP contribution in [0.3, 0.4) is 0 Å². The summed E-state index contributed by atoms with van der Waals surface area (Å²) < 4.78 is 6.58. The smallest absolute Gasteiger partial charge is 0.272 e. The topological polar surface area (TPSA) is 149 Å². The van der Waals surface area contributed by atoms with Gasteiger partial charge in [-0.05, 0) is 86.6 Å². The lowest BCUT2D eigenvalue weighted by Gasteiger charge is -2.63. The SMILES string of the molecule is C#Cc1c(C)cc(OC2C(C)(C)C(NC(=O)c3ccc(N4CCC(CN5CCN(c6cnc(C(=O)N[C@H]7CCC(=O)NC7=O)cn6)CC5)CC4)cc3)C2(C)C)cc1C. The van der Waals surface area contributed by atoms with Gasteiger partial charge >= 0.3 is 0 Å². The molecule has 4 aliphatic rings. The Kier molecular flexibility index (Phi) is 11.5. The Labute approximate surface area is 341 Å². The number of anilines is 2. The van der Waals surface area contributed by atoms with Crippen LogP contribution in [-0.4, -0.2) is 102 Å². The van der Waals surface area contributed by atoms with Crippen LogP contribution in [0, 0.1) is 42.9 Å². The number of aryl methyl sites for hydroxylation is 2. The lowest BCUT2D eigenvalue weighted by molar-refractivity contribution is -0.164. The van der Waals surface area contributed by atoms with Crippen LogP contribution in [0.5, 0.6) is 5.75 Å². The Balaban J connectivity index is 0.837. The highest BCUT2D eigenvalue weighted by Crippen LogP contribution is 2.55. The van der Waals surface area contributed by atoms with Gasteiger partial charge in [-0.2, -0.15) is 0 Å². The van der Waals surface area contributed by atoms with Gasteiger partial charge in [0.25, 0.3) is 11.8 Å². The number of hydrogen-bond acceptors (Lipinski definition) is 10. The molecule has 1 atom stereocenters. The molecular formula is C45H56N8O5. The Morgan fingerprint density at radius 2 is 1.52 bits per heavy atom. The fourth-order valence-corrected chi connectivity index (χ4v) is 9.76. The number of imide groups is 1. The number of rotatable bonds is 10. The zero-order chi connectivity index (χ0) is 41.4. The number of aromatic nitrogens is 2. The average molecular weight is 789 g/mol. The van der Waals surface area contributed by atoms with Crippen molar-refractivity contribution in [2.45, 2.75) is 85.4 Å². The minimum atomic E-state index is -0.756. The van der Waals surface area contributed by atoms with Crippen LogP contribution in [-0.2, 0) is 9.59 Å². The van der Waals surface area contributed by atoms with Gasteiger partial charge in [0.2, 0.25) is 11.8 Å². The molecule has 0 bridgehead atoms. The van der Waals surface area contributed by atoms with Crippen LogP contribution in [0.4, 0.5) is 11.5 Å². The van der Waals surface area contributed by atoms with Crippen LogP contribution >= 0.6 is 0 Å². The third kappa shape index (κ3) is 8.39. The number of terminal acetylenes is 1. The Morgan fingerprint density at radius 1 is 0.862 bits per heavy atom. The molecule has 7 rings (SSSR count). The van der Waals surface area contributed by atoms with Crippen molar-refractivity contribution < 1.29 is 23.9 Å². The first-order chi connectivity index (χ1) is 27.6. The van der Waals surface area contributed by atoms with E-state index >= 15 is 0 Å². The van der Waals surface area contributed by atoms with E-state index < -0.39 is 17.9 Å². The molecule has 13 heteroatoms. The zero-order valence-corrected chi connectivity index (χ0v) is 34.6. The van der Waals surface area contributed by atoms with Crippen molar-refractivity contribution in [3.8, 4) is 18.1 Å². The average Bonchev–Trinajstić information content (AvgIpc) is 3.20. The molecule has 0 radical (unpaired) electrons. The van der Waals surface area contributed by atoms with E-state index in [-0.39, 0.29) is 53.3 Å². The molecule has 3 aromatic rings. The summed E-state index contributed by atoms with van der Waals surface area (Å²) in [7, 11) is 0. The predicted molar refractivity (Wildman–Crippen MR) is 223 cm³/mol. The largest absolute Gasteiger partial charge is 0.489 e. The maximum Gasteiger partial charge on any atom is 0.272 e. The summed E-state index contributed by atoms with van der Waals surface area (Å²) in [6.07, 6.45) is 11.3. The molecule has 1 aliphatic carbocycles. The molecule has 4 heterocycles. The molecule has 3 N–H and O–H groups in total.